The molecule has 0 amide bonds. The molecule has 0 aromatic heterocycles. The van der Waals surface area contributed by atoms with Crippen LogP contribution in [0.25, 0.3) is 0 Å². The van der Waals surface area contributed by atoms with E-state index in [9.17, 15) is 9.59 Å². The molecule has 0 saturated heterocycles. The Morgan fingerprint density at radius 1 is 0.880 bits per heavy atom. The van der Waals surface area contributed by atoms with Crippen LogP contribution in [0.4, 0.5) is 0 Å². The van der Waals surface area contributed by atoms with Crippen molar-refractivity contribution in [3.63, 3.8) is 0 Å². The van der Waals surface area contributed by atoms with Crippen LogP contribution in [-0.4, -0.2) is 24.6 Å². The van der Waals surface area contributed by atoms with E-state index in [-0.39, 0.29) is 29.9 Å². The molecule has 0 aromatic rings. The van der Waals surface area contributed by atoms with Gasteiger partial charge in [0, 0.05) is 0 Å². The number of rotatable bonds is 11. The molecule has 0 spiro atoms. The van der Waals surface area contributed by atoms with E-state index >= 15 is 0 Å². The van der Waals surface area contributed by atoms with Crippen molar-refractivity contribution in [1.82, 2.24) is 0 Å². The van der Waals surface area contributed by atoms with E-state index < -0.39 is 0 Å². The van der Waals surface area contributed by atoms with E-state index in [2.05, 4.69) is 13.8 Å². The molecule has 1 unspecified atom stereocenters. The molecule has 1 saturated carbocycles. The Kier molecular flexibility index (Phi) is 10.8. The summed E-state index contributed by atoms with van der Waals surface area (Å²) in [5.74, 6) is 0.236. The monoisotopic (exact) mass is 354 g/mol. The Morgan fingerprint density at radius 3 is 2.00 bits per heavy atom. The predicted molar refractivity (Wildman–Crippen MR) is 100 cm³/mol. The smallest absolute Gasteiger partial charge is 0.309 e. The highest BCUT2D eigenvalue weighted by molar-refractivity contribution is 5.75. The van der Waals surface area contributed by atoms with Crippen molar-refractivity contribution in [2.24, 2.45) is 17.8 Å². The summed E-state index contributed by atoms with van der Waals surface area (Å²) in [5.41, 5.74) is 0. The van der Waals surface area contributed by atoms with Gasteiger partial charge in [0.1, 0.15) is 0 Å². The third kappa shape index (κ3) is 8.73. The highest BCUT2D eigenvalue weighted by Crippen LogP contribution is 2.31. The van der Waals surface area contributed by atoms with E-state index in [1.165, 1.54) is 19.3 Å². The number of ether oxygens (including phenoxy) is 2. The molecule has 0 radical (unpaired) electrons. The van der Waals surface area contributed by atoms with E-state index in [1.54, 1.807) is 0 Å². The van der Waals surface area contributed by atoms with Crippen molar-refractivity contribution < 1.29 is 19.1 Å². The molecule has 0 bridgehead atoms. The topological polar surface area (TPSA) is 52.6 Å². The Labute approximate surface area is 154 Å². The molecule has 25 heavy (non-hydrogen) atoms. The van der Waals surface area contributed by atoms with E-state index in [1.807, 2.05) is 13.8 Å². The summed E-state index contributed by atoms with van der Waals surface area (Å²) in [7, 11) is 0. The Balaban J connectivity index is 2.32. The summed E-state index contributed by atoms with van der Waals surface area (Å²) in [5, 5.41) is 0. The maximum Gasteiger partial charge on any atom is 0.309 e. The molecule has 0 aromatic carbocycles. The Bertz CT molecular complexity index is 383. The van der Waals surface area contributed by atoms with Crippen LogP contribution in [0.3, 0.4) is 0 Å². The molecule has 1 fully saturated rings. The minimum absolute atomic E-state index is 0.0407. The van der Waals surface area contributed by atoms with E-state index in [0.29, 0.717) is 12.5 Å². The SMILES string of the molecule is CCCCCC(CCC)COC(=O)C1CCC(C(=O)OC(C)C)CC1. The summed E-state index contributed by atoms with van der Waals surface area (Å²) < 4.78 is 10.9. The molecule has 146 valence electrons. The van der Waals surface area contributed by atoms with Crippen molar-refractivity contribution in [2.75, 3.05) is 6.61 Å². The van der Waals surface area contributed by atoms with Gasteiger partial charge in [-0.2, -0.15) is 0 Å². The molecular formula is C21H38O4. The lowest BCUT2D eigenvalue weighted by molar-refractivity contribution is -0.158. The van der Waals surface area contributed by atoms with Crippen LogP contribution < -0.4 is 0 Å². The zero-order chi connectivity index (χ0) is 18.7. The zero-order valence-corrected chi connectivity index (χ0v) is 16.7. The fourth-order valence-corrected chi connectivity index (χ4v) is 3.61. The van der Waals surface area contributed by atoms with Crippen LogP contribution >= 0.6 is 0 Å². The minimum Gasteiger partial charge on any atom is -0.465 e. The second-order valence-corrected chi connectivity index (χ2v) is 7.81. The third-order valence-corrected chi connectivity index (χ3v) is 5.12. The van der Waals surface area contributed by atoms with Crippen LogP contribution in [0, 0.1) is 17.8 Å². The highest BCUT2D eigenvalue weighted by atomic mass is 16.5. The Morgan fingerprint density at radius 2 is 1.48 bits per heavy atom. The van der Waals surface area contributed by atoms with Crippen molar-refractivity contribution in [2.45, 2.75) is 98.0 Å². The molecule has 0 N–H and O–H groups in total. The number of hydrogen-bond donors (Lipinski definition) is 0. The third-order valence-electron chi connectivity index (χ3n) is 5.12. The van der Waals surface area contributed by atoms with Crippen LogP contribution in [0.5, 0.6) is 0 Å². The minimum atomic E-state index is -0.110. The molecule has 1 atom stereocenters. The standard InChI is InChI=1S/C21H38O4/c1-5-7-8-10-17(9-6-2)15-24-20(22)18-11-13-19(14-12-18)21(23)25-16(3)4/h16-19H,5-15H2,1-4H3. The number of esters is 2. The summed E-state index contributed by atoms with van der Waals surface area (Å²) in [6.45, 7) is 8.70. The maximum atomic E-state index is 12.4. The number of hydrogen-bond acceptors (Lipinski definition) is 4. The predicted octanol–water partition coefficient (Wildman–Crippen LogP) is 5.28. The Hall–Kier alpha value is -1.06. The van der Waals surface area contributed by atoms with Crippen molar-refractivity contribution in [3.8, 4) is 0 Å². The van der Waals surface area contributed by atoms with Crippen LogP contribution in [0.15, 0.2) is 0 Å². The quantitative estimate of drug-likeness (QED) is 0.374. The lowest BCUT2D eigenvalue weighted by Gasteiger charge is -2.27. The molecule has 1 rings (SSSR count). The maximum absolute atomic E-state index is 12.4. The first-order valence-corrected chi connectivity index (χ1v) is 10.3. The van der Waals surface area contributed by atoms with Gasteiger partial charge in [0.05, 0.1) is 24.5 Å². The first-order chi connectivity index (χ1) is 12.0. The lowest BCUT2D eigenvalue weighted by Crippen LogP contribution is -2.30. The second-order valence-electron chi connectivity index (χ2n) is 7.81. The van der Waals surface area contributed by atoms with Gasteiger partial charge in [-0.15, -0.1) is 0 Å². The van der Waals surface area contributed by atoms with Gasteiger partial charge in [-0.3, -0.25) is 9.59 Å². The molecule has 4 nitrogen and oxygen atoms in total. The molecule has 1 aliphatic carbocycles. The van der Waals surface area contributed by atoms with Crippen LogP contribution in [-0.2, 0) is 19.1 Å². The fourth-order valence-electron chi connectivity index (χ4n) is 3.61. The average Bonchev–Trinajstić information content (AvgIpc) is 2.59. The molecule has 4 heteroatoms. The van der Waals surface area contributed by atoms with Gasteiger partial charge in [0.15, 0.2) is 0 Å². The van der Waals surface area contributed by atoms with Gasteiger partial charge < -0.3 is 9.47 Å². The number of unbranched alkanes of at least 4 members (excludes halogenated alkanes) is 2. The highest BCUT2D eigenvalue weighted by Gasteiger charge is 2.32. The van der Waals surface area contributed by atoms with Crippen molar-refractivity contribution in [3.05, 3.63) is 0 Å². The summed E-state index contributed by atoms with van der Waals surface area (Å²) in [6.07, 6.45) is 10.0. The molecule has 0 heterocycles. The number of carbonyl (C=O) groups is 2. The average molecular weight is 355 g/mol. The normalized spacial score (nSPS) is 21.8. The summed E-state index contributed by atoms with van der Waals surface area (Å²) >= 11 is 0. The molecular weight excluding hydrogens is 316 g/mol. The summed E-state index contributed by atoms with van der Waals surface area (Å²) in [4.78, 5) is 24.3. The second kappa shape index (κ2) is 12.3. The van der Waals surface area contributed by atoms with E-state index in [4.69, 9.17) is 9.47 Å². The van der Waals surface area contributed by atoms with Crippen LogP contribution in [0.1, 0.15) is 91.9 Å². The first kappa shape index (κ1) is 22.0. The zero-order valence-electron chi connectivity index (χ0n) is 16.7. The molecule has 0 aliphatic heterocycles. The van der Waals surface area contributed by atoms with E-state index in [0.717, 1.165) is 44.9 Å². The van der Waals surface area contributed by atoms with Gasteiger partial charge in [-0.1, -0.05) is 39.5 Å². The van der Waals surface area contributed by atoms with Gasteiger partial charge in [0.2, 0.25) is 0 Å². The fraction of sp³-hybridized carbons (Fsp3) is 0.905. The largest absolute Gasteiger partial charge is 0.465 e. The molecule has 1 aliphatic rings. The van der Waals surface area contributed by atoms with Gasteiger partial charge in [0.25, 0.3) is 0 Å². The van der Waals surface area contributed by atoms with Crippen molar-refractivity contribution >= 4 is 11.9 Å². The van der Waals surface area contributed by atoms with Crippen molar-refractivity contribution in [1.29, 1.82) is 0 Å². The lowest BCUT2D eigenvalue weighted by atomic mass is 9.82. The van der Waals surface area contributed by atoms with Crippen LogP contribution in [0.2, 0.25) is 0 Å². The first-order valence-electron chi connectivity index (χ1n) is 10.3. The van der Waals surface area contributed by atoms with Gasteiger partial charge in [-0.05, 0) is 58.3 Å². The number of carbonyl (C=O) groups excluding carboxylic acids is 2. The summed E-state index contributed by atoms with van der Waals surface area (Å²) in [6, 6.07) is 0. The van der Waals surface area contributed by atoms with Gasteiger partial charge >= 0.3 is 11.9 Å². The van der Waals surface area contributed by atoms with Gasteiger partial charge in [-0.25, -0.2) is 0 Å².